The van der Waals surface area contributed by atoms with Gasteiger partial charge < -0.3 is 10.5 Å². The van der Waals surface area contributed by atoms with Crippen LogP contribution in [-0.4, -0.2) is 22.8 Å². The smallest absolute Gasteiger partial charge is 0.404 e. The zero-order chi connectivity index (χ0) is 10.2. The van der Waals surface area contributed by atoms with Gasteiger partial charge in [-0.1, -0.05) is 34.8 Å². The summed E-state index contributed by atoms with van der Waals surface area (Å²) in [5.74, 6) is 0. The van der Waals surface area contributed by atoms with Crippen LogP contribution in [0.15, 0.2) is 0 Å². The van der Waals surface area contributed by atoms with Crippen molar-refractivity contribution in [3.05, 3.63) is 0 Å². The van der Waals surface area contributed by atoms with Crippen LogP contribution in [0.5, 0.6) is 0 Å². The van der Waals surface area contributed by atoms with E-state index in [1.165, 1.54) is 0 Å². The SMILES string of the molecule is CCOC(N)=O.O=CC(Cl)(Cl)Cl. The molecule has 0 heterocycles. The minimum atomic E-state index is -1.72. The Morgan fingerprint density at radius 1 is 1.58 bits per heavy atom. The van der Waals surface area contributed by atoms with Gasteiger partial charge in [0.1, 0.15) is 0 Å². The van der Waals surface area contributed by atoms with Gasteiger partial charge >= 0.3 is 6.09 Å². The van der Waals surface area contributed by atoms with Crippen LogP contribution in [0.3, 0.4) is 0 Å². The zero-order valence-corrected chi connectivity index (χ0v) is 8.49. The normalized spacial score (nSPS) is 9.33. The van der Waals surface area contributed by atoms with Crippen LogP contribution in [0.1, 0.15) is 6.92 Å². The number of aldehydes is 1. The second kappa shape index (κ2) is 7.46. The monoisotopic (exact) mass is 235 g/mol. The Morgan fingerprint density at radius 2 is 1.92 bits per heavy atom. The van der Waals surface area contributed by atoms with E-state index in [-0.39, 0.29) is 6.29 Å². The summed E-state index contributed by atoms with van der Waals surface area (Å²) in [5, 5.41) is 0. The van der Waals surface area contributed by atoms with Gasteiger partial charge in [-0.15, -0.1) is 0 Å². The first-order valence-electron chi connectivity index (χ1n) is 2.78. The summed E-state index contributed by atoms with van der Waals surface area (Å²) in [6.45, 7) is 2.06. The molecule has 0 aliphatic rings. The number of nitrogens with two attached hydrogens (primary N) is 1. The molecular weight excluding hydrogens is 228 g/mol. The molecule has 1 amide bonds. The van der Waals surface area contributed by atoms with E-state index >= 15 is 0 Å². The molecule has 7 heteroatoms. The standard InChI is InChI=1S/C3H7NO2.C2HCl3O/c1-2-6-3(4)5;3-2(4,5)1-6/h2H2,1H3,(H2,4,5);1H. The van der Waals surface area contributed by atoms with Gasteiger partial charge in [-0.25, -0.2) is 4.79 Å². The summed E-state index contributed by atoms with van der Waals surface area (Å²) in [6, 6.07) is 0. The molecule has 0 spiro atoms. The molecule has 0 fully saturated rings. The molecule has 0 aromatic rings. The van der Waals surface area contributed by atoms with Crippen molar-refractivity contribution in [2.45, 2.75) is 10.7 Å². The molecule has 0 aliphatic heterocycles. The number of rotatable bonds is 1. The highest BCUT2D eigenvalue weighted by Crippen LogP contribution is 2.21. The minimum absolute atomic E-state index is 0.234. The van der Waals surface area contributed by atoms with Crippen molar-refractivity contribution >= 4 is 47.2 Å². The van der Waals surface area contributed by atoms with Gasteiger partial charge in [-0.2, -0.15) is 0 Å². The Hall–Kier alpha value is -0.190. The van der Waals surface area contributed by atoms with Crippen LogP contribution in [-0.2, 0) is 9.53 Å². The fraction of sp³-hybridized carbons (Fsp3) is 0.600. The fourth-order valence-electron chi connectivity index (χ4n) is 0.142. The maximum absolute atomic E-state index is 9.60. The molecule has 0 bridgehead atoms. The number of halogens is 3. The summed E-state index contributed by atoms with van der Waals surface area (Å²) >= 11 is 14.6. The highest BCUT2D eigenvalue weighted by atomic mass is 35.6. The number of ether oxygens (including phenoxy) is 1. The molecule has 2 N–H and O–H groups in total. The maximum atomic E-state index is 9.60. The number of alkyl halides is 3. The van der Waals surface area contributed by atoms with E-state index in [1.54, 1.807) is 6.92 Å². The van der Waals surface area contributed by atoms with Crippen molar-refractivity contribution < 1.29 is 14.3 Å². The van der Waals surface area contributed by atoms with Crippen LogP contribution in [0, 0.1) is 0 Å². The lowest BCUT2D eigenvalue weighted by molar-refractivity contribution is -0.107. The summed E-state index contributed by atoms with van der Waals surface area (Å²) in [7, 11) is 0. The summed E-state index contributed by atoms with van der Waals surface area (Å²) < 4.78 is 2.46. The first-order valence-corrected chi connectivity index (χ1v) is 3.92. The predicted molar refractivity (Wildman–Crippen MR) is 47.6 cm³/mol. The largest absolute Gasteiger partial charge is 0.450 e. The van der Waals surface area contributed by atoms with Gasteiger partial charge in [0.25, 0.3) is 0 Å². The average molecular weight is 236 g/mol. The molecule has 0 saturated carbocycles. The van der Waals surface area contributed by atoms with Crippen molar-refractivity contribution in [3.63, 3.8) is 0 Å². The Labute approximate surface area is 84.9 Å². The van der Waals surface area contributed by atoms with E-state index in [9.17, 15) is 9.59 Å². The van der Waals surface area contributed by atoms with Gasteiger partial charge in [-0.05, 0) is 6.92 Å². The lowest BCUT2D eigenvalue weighted by Crippen LogP contribution is -2.11. The Bertz CT molecular complexity index is 145. The van der Waals surface area contributed by atoms with E-state index in [0.717, 1.165) is 0 Å². The topological polar surface area (TPSA) is 69.4 Å². The average Bonchev–Trinajstić information content (AvgIpc) is 1.87. The molecule has 4 nitrogen and oxygen atoms in total. The molecule has 0 rings (SSSR count). The maximum Gasteiger partial charge on any atom is 0.404 e. The molecule has 0 radical (unpaired) electrons. The second-order valence-electron chi connectivity index (χ2n) is 1.41. The second-order valence-corrected chi connectivity index (χ2v) is 3.78. The third-order valence-corrected chi connectivity index (χ3v) is 0.687. The van der Waals surface area contributed by atoms with Crippen LogP contribution >= 0.6 is 34.8 Å². The van der Waals surface area contributed by atoms with Crippen LogP contribution in [0.25, 0.3) is 0 Å². The predicted octanol–water partition coefficient (Wildman–Crippen LogP) is 1.66. The van der Waals surface area contributed by atoms with E-state index < -0.39 is 9.89 Å². The summed E-state index contributed by atoms with van der Waals surface area (Å²) in [4.78, 5) is 19.0. The quantitative estimate of drug-likeness (QED) is 0.556. The van der Waals surface area contributed by atoms with Crippen LogP contribution in [0.4, 0.5) is 4.79 Å². The van der Waals surface area contributed by atoms with Crippen molar-refractivity contribution in [2.24, 2.45) is 5.73 Å². The van der Waals surface area contributed by atoms with Crippen LogP contribution < -0.4 is 5.73 Å². The Kier molecular flexibility index (Phi) is 8.91. The van der Waals surface area contributed by atoms with E-state index in [4.69, 9.17) is 34.8 Å². The zero-order valence-electron chi connectivity index (χ0n) is 6.22. The highest BCUT2D eigenvalue weighted by Gasteiger charge is 2.16. The van der Waals surface area contributed by atoms with Crippen molar-refractivity contribution in [3.8, 4) is 0 Å². The van der Waals surface area contributed by atoms with Crippen molar-refractivity contribution in [1.29, 1.82) is 0 Å². The summed E-state index contributed by atoms with van der Waals surface area (Å²) in [6.07, 6.45) is -0.477. The first-order chi connectivity index (χ1) is 5.33. The molecular formula is C5H8Cl3NO3. The lowest BCUT2D eigenvalue weighted by atomic mass is 10.9. The van der Waals surface area contributed by atoms with Gasteiger partial charge in [0, 0.05) is 0 Å². The summed E-state index contributed by atoms with van der Waals surface area (Å²) in [5.41, 5.74) is 4.54. The molecule has 0 atom stereocenters. The van der Waals surface area contributed by atoms with E-state index in [0.29, 0.717) is 6.61 Å². The molecule has 72 valence electrons. The number of hydrogen-bond acceptors (Lipinski definition) is 3. The Balaban J connectivity index is 0. The highest BCUT2D eigenvalue weighted by molar-refractivity contribution is 6.74. The fourth-order valence-corrected chi connectivity index (χ4v) is 0.142. The molecule has 0 saturated heterocycles. The number of primary amides is 1. The number of carbonyl (C=O) groups is 2. The van der Waals surface area contributed by atoms with Gasteiger partial charge in [0.05, 0.1) is 6.61 Å². The third kappa shape index (κ3) is 22.6. The Morgan fingerprint density at radius 3 is 1.92 bits per heavy atom. The van der Waals surface area contributed by atoms with Gasteiger partial charge in [0.15, 0.2) is 6.29 Å². The number of amides is 1. The molecule has 0 unspecified atom stereocenters. The lowest BCUT2D eigenvalue weighted by Gasteiger charge is -1.93. The number of carbonyl (C=O) groups excluding carboxylic acids is 2. The molecule has 0 aromatic carbocycles. The van der Waals surface area contributed by atoms with Crippen molar-refractivity contribution in [2.75, 3.05) is 6.61 Å². The third-order valence-electron chi connectivity index (χ3n) is 0.420. The van der Waals surface area contributed by atoms with E-state index in [1.807, 2.05) is 0 Å². The molecule has 0 aliphatic carbocycles. The van der Waals surface area contributed by atoms with E-state index in [2.05, 4.69) is 10.5 Å². The van der Waals surface area contributed by atoms with Crippen molar-refractivity contribution in [1.82, 2.24) is 0 Å². The van der Waals surface area contributed by atoms with Crippen LogP contribution in [0.2, 0.25) is 0 Å². The van der Waals surface area contributed by atoms with Gasteiger partial charge in [-0.3, -0.25) is 4.79 Å². The minimum Gasteiger partial charge on any atom is -0.450 e. The van der Waals surface area contributed by atoms with Gasteiger partial charge in [0.2, 0.25) is 3.79 Å². The molecule has 0 aromatic heterocycles. The number of hydrogen-bond donors (Lipinski definition) is 1. The first kappa shape index (κ1) is 14.3. The molecule has 12 heavy (non-hydrogen) atoms.